The van der Waals surface area contributed by atoms with Crippen LogP contribution in [0, 0.1) is 0 Å². The van der Waals surface area contributed by atoms with Gasteiger partial charge in [-0.05, 0) is 64.7 Å². The highest BCUT2D eigenvalue weighted by atomic mass is 16.5. The van der Waals surface area contributed by atoms with Gasteiger partial charge in [0, 0.05) is 62.9 Å². The first-order valence-corrected chi connectivity index (χ1v) is 23.3. The fraction of sp³-hybridized carbons (Fsp3) is 0.358. The van der Waals surface area contributed by atoms with E-state index in [1.54, 1.807) is 36.4 Å². The van der Waals surface area contributed by atoms with Gasteiger partial charge in [-0.15, -0.1) is 0 Å². The Morgan fingerprint density at radius 3 is 1.97 bits per heavy atom. The van der Waals surface area contributed by atoms with Crippen LogP contribution in [0.3, 0.4) is 0 Å². The maximum Gasteiger partial charge on any atom is 0.354 e. The van der Waals surface area contributed by atoms with Crippen LogP contribution in [0.5, 0.6) is 0 Å². The summed E-state index contributed by atoms with van der Waals surface area (Å²) in [5, 5.41) is 22.2. The number of aromatic nitrogens is 2. The lowest BCUT2D eigenvalue weighted by Crippen LogP contribution is -2.37. The Hall–Kier alpha value is -6.66. The molecule has 1 saturated heterocycles. The molecule has 16 nitrogen and oxygen atoms in total. The summed E-state index contributed by atoms with van der Waals surface area (Å²) in [5.74, 6) is -2.58. The molecule has 4 heterocycles. The average molecular weight is 941 g/mol. The summed E-state index contributed by atoms with van der Waals surface area (Å²) in [6.45, 7) is 7.91. The molecule has 1 fully saturated rings. The number of carbonyl (C=O) groups excluding carboxylic acids is 2. The van der Waals surface area contributed by atoms with Crippen molar-refractivity contribution in [2.24, 2.45) is 0 Å². The second-order valence-corrected chi connectivity index (χ2v) is 16.7. The molecule has 2 unspecified atom stereocenters. The molecule has 2 amide bonds. The molecular weight excluding hydrogens is 881 g/mol. The molecule has 0 saturated carbocycles. The predicted octanol–water partition coefficient (Wildman–Crippen LogP) is 6.33. The molecule has 0 aliphatic carbocycles. The Bertz CT molecular complexity index is 2520. The number of allylic oxidation sites excluding steroid dienone is 1. The minimum Gasteiger partial charge on any atom is -0.477 e. The highest BCUT2D eigenvalue weighted by Crippen LogP contribution is 2.33. The molecule has 5 aromatic rings. The number of rotatable bonds is 11. The number of fused-ring (bicyclic) bond motifs is 2. The van der Waals surface area contributed by atoms with Gasteiger partial charge in [0.25, 0.3) is 5.91 Å². The monoisotopic (exact) mass is 940 g/mol. The number of carboxylic acid groups (broad SMARTS) is 2. The molecular formula is C53H60N6O10. The van der Waals surface area contributed by atoms with Gasteiger partial charge >= 0.3 is 11.9 Å². The Balaban J connectivity index is 0.996. The zero-order valence-electron chi connectivity index (χ0n) is 38.9. The van der Waals surface area contributed by atoms with Crippen LogP contribution in [0.2, 0.25) is 0 Å². The van der Waals surface area contributed by atoms with Gasteiger partial charge in [0.2, 0.25) is 5.91 Å². The van der Waals surface area contributed by atoms with E-state index in [-0.39, 0.29) is 42.1 Å². The average Bonchev–Trinajstić information content (AvgIpc) is 3.42. The standard InChI is InChI=1S/C53H60N6O10/c1-38-16-17-39-8-2-3-9-42(39)36-59(48-15-5-4-11-44(38)48)49(60)22-23-54-51(61)41-20-18-40(19-21-41)50(45-12-7-14-47(56-45)53(64)65)58-26-30-68-34-32-66-28-24-57(25-29-67-33-35-69-31-27-58)37-43-10-6-13-46(55-43)52(62)63/h2-21,38,50H,22-37H2,1H3,(H,54,61)(H,62,63)(H,64,65)/b17-16-. The summed E-state index contributed by atoms with van der Waals surface area (Å²) < 4.78 is 23.9. The van der Waals surface area contributed by atoms with Crippen LogP contribution in [0.1, 0.15) is 90.3 Å². The van der Waals surface area contributed by atoms with Gasteiger partial charge in [-0.3, -0.25) is 19.4 Å². The van der Waals surface area contributed by atoms with Gasteiger partial charge < -0.3 is 39.4 Å². The predicted molar refractivity (Wildman–Crippen MR) is 259 cm³/mol. The molecule has 0 spiro atoms. The first-order valence-electron chi connectivity index (χ1n) is 23.3. The molecule has 2 atom stereocenters. The van der Waals surface area contributed by atoms with E-state index in [4.69, 9.17) is 18.9 Å². The van der Waals surface area contributed by atoms with Crippen LogP contribution >= 0.6 is 0 Å². The van der Waals surface area contributed by atoms with E-state index in [0.717, 1.165) is 27.9 Å². The van der Waals surface area contributed by atoms with Crippen molar-refractivity contribution in [3.8, 4) is 0 Å². The second kappa shape index (κ2) is 25.6. The smallest absolute Gasteiger partial charge is 0.354 e. The van der Waals surface area contributed by atoms with Crippen molar-refractivity contribution in [3.05, 3.63) is 166 Å². The van der Waals surface area contributed by atoms with E-state index in [2.05, 4.69) is 56.3 Å². The van der Waals surface area contributed by atoms with Gasteiger partial charge in [-0.25, -0.2) is 19.6 Å². The number of nitrogens with zero attached hydrogens (tertiary/aromatic N) is 5. The number of hydrogen-bond acceptors (Lipinski definition) is 12. The number of pyridine rings is 2. The van der Waals surface area contributed by atoms with Gasteiger partial charge in [0.15, 0.2) is 0 Å². The number of aromatic carboxylic acids is 2. The van der Waals surface area contributed by atoms with Crippen LogP contribution in [-0.4, -0.2) is 139 Å². The quantitative estimate of drug-likeness (QED) is 0.133. The molecule has 7 rings (SSSR count). The first kappa shape index (κ1) is 50.2. The van der Waals surface area contributed by atoms with Crippen molar-refractivity contribution < 1.29 is 48.3 Å². The van der Waals surface area contributed by atoms with Crippen LogP contribution in [0.25, 0.3) is 6.08 Å². The van der Waals surface area contributed by atoms with E-state index in [0.29, 0.717) is 109 Å². The lowest BCUT2D eigenvalue weighted by atomic mass is 9.97. The maximum atomic E-state index is 14.0. The summed E-state index contributed by atoms with van der Waals surface area (Å²) in [5.41, 5.74) is 6.21. The highest BCUT2D eigenvalue weighted by molar-refractivity contribution is 5.97. The van der Waals surface area contributed by atoms with Crippen molar-refractivity contribution in [1.82, 2.24) is 25.1 Å². The minimum absolute atomic E-state index is 0.00733. The zero-order valence-corrected chi connectivity index (χ0v) is 38.9. The van der Waals surface area contributed by atoms with E-state index in [9.17, 15) is 29.4 Å². The molecule has 16 heteroatoms. The molecule has 362 valence electrons. The van der Waals surface area contributed by atoms with Crippen molar-refractivity contribution in [2.75, 3.05) is 90.5 Å². The number of amides is 2. The van der Waals surface area contributed by atoms with Crippen LogP contribution in [0.4, 0.5) is 5.69 Å². The van der Waals surface area contributed by atoms with Crippen molar-refractivity contribution >= 4 is 35.5 Å². The molecule has 69 heavy (non-hydrogen) atoms. The Kier molecular flexibility index (Phi) is 18.7. The molecule has 0 bridgehead atoms. The van der Waals surface area contributed by atoms with Crippen LogP contribution in [-0.2, 0) is 36.8 Å². The highest BCUT2D eigenvalue weighted by Gasteiger charge is 2.26. The number of anilines is 1. The van der Waals surface area contributed by atoms with Gasteiger partial charge in [0.1, 0.15) is 11.4 Å². The molecule has 2 aromatic heterocycles. The largest absolute Gasteiger partial charge is 0.477 e. The summed E-state index contributed by atoms with van der Waals surface area (Å²) in [6.07, 6.45) is 4.37. The number of para-hydroxylation sites is 1. The first-order chi connectivity index (χ1) is 33.6. The number of carboxylic acids is 2. The molecule has 2 aliphatic rings. The van der Waals surface area contributed by atoms with E-state index in [1.807, 2.05) is 53.4 Å². The third-order valence-electron chi connectivity index (χ3n) is 12.0. The molecule has 0 radical (unpaired) electrons. The summed E-state index contributed by atoms with van der Waals surface area (Å²) in [4.78, 5) is 66.0. The van der Waals surface area contributed by atoms with Gasteiger partial charge in [-0.1, -0.05) is 85.8 Å². The number of benzene rings is 3. The Morgan fingerprint density at radius 1 is 0.681 bits per heavy atom. The summed E-state index contributed by atoms with van der Waals surface area (Å²) in [6, 6.07) is 32.4. The van der Waals surface area contributed by atoms with Crippen molar-refractivity contribution in [2.45, 2.75) is 38.4 Å². The number of carbonyl (C=O) groups is 4. The van der Waals surface area contributed by atoms with E-state index >= 15 is 0 Å². The van der Waals surface area contributed by atoms with Gasteiger partial charge in [0.05, 0.1) is 76.8 Å². The lowest BCUT2D eigenvalue weighted by Gasteiger charge is -2.32. The maximum absolute atomic E-state index is 14.0. The van der Waals surface area contributed by atoms with E-state index < -0.39 is 18.0 Å². The molecule has 2 aliphatic heterocycles. The number of ether oxygens (including phenoxy) is 4. The van der Waals surface area contributed by atoms with Gasteiger partial charge in [-0.2, -0.15) is 0 Å². The SMILES string of the molecule is CC1/C=C\c2ccccc2CN(C(=O)CCNC(=O)c2ccc(C(c3cccc(C(=O)O)n3)N3CCOCCOCCN(Cc4cccc(C(=O)O)n4)CCOCCOCC3)cc2)c2ccccc21. The summed E-state index contributed by atoms with van der Waals surface area (Å²) in [7, 11) is 0. The Labute approximate surface area is 402 Å². The topological polar surface area (TPSA) is 193 Å². The lowest BCUT2D eigenvalue weighted by molar-refractivity contribution is -0.118. The second-order valence-electron chi connectivity index (χ2n) is 16.7. The van der Waals surface area contributed by atoms with Crippen molar-refractivity contribution in [1.29, 1.82) is 0 Å². The zero-order chi connectivity index (χ0) is 48.4. The molecule has 3 N–H and O–H groups in total. The summed E-state index contributed by atoms with van der Waals surface area (Å²) >= 11 is 0. The normalized spacial score (nSPS) is 18.1. The Morgan fingerprint density at radius 2 is 1.29 bits per heavy atom. The number of nitrogens with one attached hydrogen (secondary N) is 1. The third-order valence-corrected chi connectivity index (χ3v) is 12.0. The fourth-order valence-electron chi connectivity index (χ4n) is 8.37. The van der Waals surface area contributed by atoms with Crippen LogP contribution < -0.4 is 10.2 Å². The minimum atomic E-state index is -1.15. The molecule has 3 aromatic carbocycles. The number of hydrogen-bond donors (Lipinski definition) is 3. The third kappa shape index (κ3) is 14.4. The van der Waals surface area contributed by atoms with Crippen molar-refractivity contribution in [3.63, 3.8) is 0 Å². The van der Waals surface area contributed by atoms with E-state index in [1.165, 1.54) is 12.1 Å². The van der Waals surface area contributed by atoms with Crippen LogP contribution in [0.15, 0.2) is 115 Å². The fourth-order valence-corrected chi connectivity index (χ4v) is 8.37.